The van der Waals surface area contributed by atoms with E-state index in [4.69, 9.17) is 0 Å². The molecule has 2 aromatic rings. The predicted octanol–water partition coefficient (Wildman–Crippen LogP) is 3.70. The molecule has 0 atom stereocenters. The van der Waals surface area contributed by atoms with Crippen molar-refractivity contribution in [3.63, 3.8) is 0 Å². The topological polar surface area (TPSA) is 17.3 Å². The van der Waals surface area contributed by atoms with Crippen molar-refractivity contribution in [1.82, 2.24) is 9.38 Å². The van der Waals surface area contributed by atoms with E-state index in [9.17, 15) is 0 Å². The summed E-state index contributed by atoms with van der Waals surface area (Å²) in [6.07, 6.45) is 2.07. The molecule has 0 aliphatic carbocycles. The Morgan fingerprint density at radius 1 is 1.33 bits per heavy atom. The van der Waals surface area contributed by atoms with Crippen LogP contribution in [-0.2, 0) is 5.41 Å². The van der Waals surface area contributed by atoms with E-state index in [2.05, 4.69) is 65.3 Å². The third-order valence-corrected chi connectivity index (χ3v) is 2.95. The maximum absolute atomic E-state index is 4.64. The summed E-state index contributed by atoms with van der Waals surface area (Å²) < 4.78 is 3.26. The third-order valence-electron chi connectivity index (χ3n) is 2.46. The zero-order valence-electron chi connectivity index (χ0n) is 9.50. The average molecular weight is 267 g/mol. The minimum absolute atomic E-state index is 0.0744. The molecular weight excluding hydrogens is 252 g/mol. The fraction of sp³-hybridized carbons (Fsp3) is 0.417. The molecule has 2 heterocycles. The van der Waals surface area contributed by atoms with Crippen LogP contribution >= 0.6 is 15.9 Å². The van der Waals surface area contributed by atoms with Crippen molar-refractivity contribution in [1.29, 1.82) is 0 Å². The van der Waals surface area contributed by atoms with Crippen molar-refractivity contribution >= 4 is 21.4 Å². The van der Waals surface area contributed by atoms with Crippen LogP contribution in [0, 0.1) is 6.92 Å². The van der Waals surface area contributed by atoms with Crippen molar-refractivity contribution in [3.05, 3.63) is 34.3 Å². The molecule has 0 radical (unpaired) electrons. The Hall–Kier alpha value is -0.830. The van der Waals surface area contributed by atoms with Crippen LogP contribution in [0.25, 0.3) is 5.52 Å². The normalized spacial score (nSPS) is 12.3. The molecule has 0 amide bonds. The smallest absolute Gasteiger partial charge is 0.118 e. The highest BCUT2D eigenvalue weighted by Gasteiger charge is 2.20. The number of rotatable bonds is 0. The molecule has 0 aliphatic heterocycles. The first-order valence-electron chi connectivity index (χ1n) is 5.04. The number of fused-ring (bicyclic) bond motifs is 1. The molecular formula is C12H15BrN2. The zero-order chi connectivity index (χ0) is 11.2. The Morgan fingerprint density at radius 2 is 2.00 bits per heavy atom. The van der Waals surface area contributed by atoms with Crippen LogP contribution in [0.5, 0.6) is 0 Å². The number of hydrogen-bond acceptors (Lipinski definition) is 1. The van der Waals surface area contributed by atoms with Gasteiger partial charge in [-0.2, -0.15) is 0 Å². The number of imidazole rings is 1. The second-order valence-electron chi connectivity index (χ2n) is 4.87. The molecule has 2 aromatic heterocycles. The molecule has 0 spiro atoms. The standard InChI is InChI=1S/C12H15BrN2/c1-8-10-7-9(13)5-6-15(10)11(14-8)12(2,3)4/h5-7H,1-4H3. The second-order valence-corrected chi connectivity index (χ2v) is 5.79. The van der Waals surface area contributed by atoms with Crippen LogP contribution in [0.2, 0.25) is 0 Å². The molecule has 3 heteroatoms. The number of hydrogen-bond donors (Lipinski definition) is 0. The van der Waals surface area contributed by atoms with Crippen LogP contribution in [0.4, 0.5) is 0 Å². The minimum atomic E-state index is 0.0744. The van der Waals surface area contributed by atoms with E-state index >= 15 is 0 Å². The Labute approximate surface area is 98.5 Å². The van der Waals surface area contributed by atoms with E-state index in [-0.39, 0.29) is 5.41 Å². The number of halogens is 1. The molecule has 2 rings (SSSR count). The number of pyridine rings is 1. The summed E-state index contributed by atoms with van der Waals surface area (Å²) in [5, 5.41) is 0. The molecule has 80 valence electrons. The Balaban J connectivity index is 2.79. The van der Waals surface area contributed by atoms with Crippen molar-refractivity contribution in [3.8, 4) is 0 Å². The van der Waals surface area contributed by atoms with Gasteiger partial charge in [0.1, 0.15) is 5.82 Å². The molecule has 0 unspecified atom stereocenters. The van der Waals surface area contributed by atoms with Gasteiger partial charge in [0, 0.05) is 16.1 Å². The Bertz CT molecular complexity index is 506. The SMILES string of the molecule is Cc1nc(C(C)(C)C)n2ccc(Br)cc12. The van der Waals surface area contributed by atoms with E-state index in [1.54, 1.807) is 0 Å². The lowest BCUT2D eigenvalue weighted by atomic mass is 9.96. The molecule has 0 saturated heterocycles. The van der Waals surface area contributed by atoms with Gasteiger partial charge in [-0.15, -0.1) is 0 Å². The zero-order valence-corrected chi connectivity index (χ0v) is 11.1. The lowest BCUT2D eigenvalue weighted by molar-refractivity contribution is 0.542. The maximum atomic E-state index is 4.64. The van der Waals surface area contributed by atoms with Gasteiger partial charge in [-0.05, 0) is 19.1 Å². The van der Waals surface area contributed by atoms with Crippen LogP contribution in [0.1, 0.15) is 32.3 Å². The maximum Gasteiger partial charge on any atom is 0.118 e. The Kier molecular flexibility index (Phi) is 2.38. The fourth-order valence-corrected chi connectivity index (χ4v) is 2.07. The molecule has 15 heavy (non-hydrogen) atoms. The third kappa shape index (κ3) is 1.81. The summed E-state index contributed by atoms with van der Waals surface area (Å²) in [6, 6.07) is 4.15. The highest BCUT2D eigenvalue weighted by Crippen LogP contribution is 2.25. The van der Waals surface area contributed by atoms with Gasteiger partial charge >= 0.3 is 0 Å². The van der Waals surface area contributed by atoms with Crippen LogP contribution < -0.4 is 0 Å². The highest BCUT2D eigenvalue weighted by atomic mass is 79.9. The lowest BCUT2D eigenvalue weighted by Crippen LogP contribution is -2.15. The largest absolute Gasteiger partial charge is 0.303 e. The van der Waals surface area contributed by atoms with E-state index in [1.807, 2.05) is 6.07 Å². The second kappa shape index (κ2) is 3.34. The first-order chi connectivity index (χ1) is 6.89. The number of nitrogens with zero attached hydrogens (tertiary/aromatic N) is 2. The summed E-state index contributed by atoms with van der Waals surface area (Å²) in [4.78, 5) is 4.64. The van der Waals surface area contributed by atoms with Crippen molar-refractivity contribution in [2.24, 2.45) is 0 Å². The highest BCUT2D eigenvalue weighted by molar-refractivity contribution is 9.10. The van der Waals surface area contributed by atoms with Crippen molar-refractivity contribution in [2.75, 3.05) is 0 Å². The first kappa shape index (κ1) is 10.7. The quantitative estimate of drug-likeness (QED) is 0.711. The van der Waals surface area contributed by atoms with E-state index in [0.29, 0.717) is 0 Å². The van der Waals surface area contributed by atoms with E-state index in [0.717, 1.165) is 16.0 Å². The van der Waals surface area contributed by atoms with Gasteiger partial charge in [-0.1, -0.05) is 36.7 Å². The molecule has 0 bridgehead atoms. The number of aromatic nitrogens is 2. The van der Waals surface area contributed by atoms with Crippen molar-refractivity contribution < 1.29 is 0 Å². The fourth-order valence-electron chi connectivity index (χ4n) is 1.74. The molecule has 0 aliphatic rings. The van der Waals surface area contributed by atoms with Gasteiger partial charge in [-0.3, -0.25) is 0 Å². The summed E-state index contributed by atoms with van der Waals surface area (Å²) in [6.45, 7) is 8.60. The van der Waals surface area contributed by atoms with Crippen LogP contribution in [-0.4, -0.2) is 9.38 Å². The minimum Gasteiger partial charge on any atom is -0.303 e. The van der Waals surface area contributed by atoms with Crippen molar-refractivity contribution in [2.45, 2.75) is 33.1 Å². The van der Waals surface area contributed by atoms with Crippen LogP contribution in [0.3, 0.4) is 0 Å². The summed E-state index contributed by atoms with van der Waals surface area (Å²) in [7, 11) is 0. The summed E-state index contributed by atoms with van der Waals surface area (Å²) in [5.74, 6) is 1.11. The molecule has 0 saturated carbocycles. The van der Waals surface area contributed by atoms with Gasteiger partial charge < -0.3 is 4.40 Å². The number of aryl methyl sites for hydroxylation is 1. The van der Waals surface area contributed by atoms with Gasteiger partial charge in [-0.25, -0.2) is 4.98 Å². The molecule has 0 fully saturated rings. The summed E-state index contributed by atoms with van der Waals surface area (Å²) in [5.41, 5.74) is 2.33. The van der Waals surface area contributed by atoms with Gasteiger partial charge in [0.15, 0.2) is 0 Å². The van der Waals surface area contributed by atoms with E-state index < -0.39 is 0 Å². The van der Waals surface area contributed by atoms with Crippen LogP contribution in [0.15, 0.2) is 22.8 Å². The van der Waals surface area contributed by atoms with Gasteiger partial charge in [0.05, 0.1) is 11.2 Å². The first-order valence-corrected chi connectivity index (χ1v) is 5.83. The van der Waals surface area contributed by atoms with Gasteiger partial charge in [0.2, 0.25) is 0 Å². The molecule has 2 nitrogen and oxygen atoms in total. The van der Waals surface area contributed by atoms with E-state index in [1.165, 1.54) is 5.52 Å². The monoisotopic (exact) mass is 266 g/mol. The lowest BCUT2D eigenvalue weighted by Gasteiger charge is -2.16. The summed E-state index contributed by atoms with van der Waals surface area (Å²) >= 11 is 3.49. The molecule has 0 aromatic carbocycles. The predicted molar refractivity (Wildman–Crippen MR) is 66.3 cm³/mol. The average Bonchev–Trinajstić information content (AvgIpc) is 2.43. The molecule has 0 N–H and O–H groups in total. The Morgan fingerprint density at radius 3 is 2.60 bits per heavy atom. The van der Waals surface area contributed by atoms with Gasteiger partial charge in [0.25, 0.3) is 0 Å².